The Labute approximate surface area is 123 Å². The number of rotatable bonds is 7. The van der Waals surface area contributed by atoms with E-state index in [1.165, 1.54) is 0 Å². The molecule has 2 aromatic rings. The number of hydrogen-bond donors (Lipinski definition) is 2. The van der Waals surface area contributed by atoms with E-state index in [0.717, 1.165) is 11.4 Å². The van der Waals surface area contributed by atoms with Crippen molar-refractivity contribution >= 4 is 10.0 Å². The van der Waals surface area contributed by atoms with Gasteiger partial charge in [-0.15, -0.1) is 10.2 Å². The lowest BCUT2D eigenvalue weighted by Crippen LogP contribution is -2.27. The van der Waals surface area contributed by atoms with Crippen LogP contribution < -0.4 is 4.72 Å². The Hall–Kier alpha value is -1.77. The zero-order valence-corrected chi connectivity index (χ0v) is 12.5. The molecule has 1 heterocycles. The highest BCUT2D eigenvalue weighted by Crippen LogP contribution is 2.08. The molecule has 0 aliphatic carbocycles. The van der Waals surface area contributed by atoms with Crippen molar-refractivity contribution in [3.05, 3.63) is 47.5 Å². The van der Waals surface area contributed by atoms with E-state index in [1.807, 2.05) is 7.05 Å². The first-order valence-electron chi connectivity index (χ1n) is 6.49. The van der Waals surface area contributed by atoms with Crippen LogP contribution >= 0.6 is 0 Å². The van der Waals surface area contributed by atoms with Gasteiger partial charge in [0.25, 0.3) is 0 Å². The average molecular weight is 310 g/mol. The molecule has 21 heavy (non-hydrogen) atoms. The summed E-state index contributed by atoms with van der Waals surface area (Å²) in [6.45, 7) is 0.229. The van der Waals surface area contributed by atoms with Crippen LogP contribution in [0, 0.1) is 0 Å². The zero-order chi connectivity index (χ0) is 15.3. The molecule has 7 nitrogen and oxygen atoms in total. The number of aliphatic hydroxyl groups excluding tert-OH is 1. The van der Waals surface area contributed by atoms with Crippen LogP contribution in [0.25, 0.3) is 0 Å². The van der Waals surface area contributed by atoms with Crippen LogP contribution in [-0.2, 0) is 35.9 Å². The first-order chi connectivity index (χ1) is 10.00. The van der Waals surface area contributed by atoms with Crippen LogP contribution in [0.2, 0.25) is 0 Å². The number of aliphatic hydroxyl groups is 1. The minimum atomic E-state index is -3.39. The maximum Gasteiger partial charge on any atom is 0.215 e. The summed E-state index contributed by atoms with van der Waals surface area (Å²) in [5, 5.41) is 16.6. The second-order valence-electron chi connectivity index (χ2n) is 4.74. The Bertz CT molecular complexity index is 680. The summed E-state index contributed by atoms with van der Waals surface area (Å²) in [6, 6.07) is 6.83. The normalized spacial score (nSPS) is 11.7. The van der Waals surface area contributed by atoms with Crippen molar-refractivity contribution in [1.82, 2.24) is 19.5 Å². The van der Waals surface area contributed by atoms with Crippen molar-refractivity contribution in [1.29, 1.82) is 0 Å². The van der Waals surface area contributed by atoms with Crippen molar-refractivity contribution < 1.29 is 13.5 Å². The molecule has 1 aromatic heterocycles. The van der Waals surface area contributed by atoms with E-state index in [2.05, 4.69) is 14.9 Å². The molecule has 0 bridgehead atoms. The quantitative estimate of drug-likeness (QED) is 0.748. The topological polar surface area (TPSA) is 97.1 Å². The molecule has 2 N–H and O–H groups in total. The molecule has 114 valence electrons. The molecule has 0 spiro atoms. The minimum Gasteiger partial charge on any atom is -0.392 e. The number of aryl methyl sites for hydroxylation is 1. The van der Waals surface area contributed by atoms with Crippen molar-refractivity contribution in [3.8, 4) is 0 Å². The molecule has 0 radical (unpaired) electrons. The number of nitrogens with zero attached hydrogens (tertiary/aromatic N) is 3. The van der Waals surface area contributed by atoms with Gasteiger partial charge in [0.2, 0.25) is 10.0 Å². The molecule has 0 amide bonds. The van der Waals surface area contributed by atoms with Gasteiger partial charge >= 0.3 is 0 Å². The third-order valence-corrected chi connectivity index (χ3v) is 4.40. The first kappa shape index (κ1) is 15.6. The Morgan fingerprint density at radius 3 is 2.48 bits per heavy atom. The molecule has 1 aromatic carbocycles. The third-order valence-electron chi connectivity index (χ3n) is 3.04. The molecule has 0 saturated carbocycles. The Kier molecular flexibility index (Phi) is 5.05. The molecule has 2 rings (SSSR count). The zero-order valence-electron chi connectivity index (χ0n) is 11.7. The largest absolute Gasteiger partial charge is 0.392 e. The van der Waals surface area contributed by atoms with E-state index >= 15 is 0 Å². The van der Waals surface area contributed by atoms with E-state index in [9.17, 15) is 8.42 Å². The van der Waals surface area contributed by atoms with Gasteiger partial charge in [-0.2, -0.15) is 0 Å². The summed E-state index contributed by atoms with van der Waals surface area (Å²) in [4.78, 5) is 0. The lowest BCUT2D eigenvalue weighted by molar-refractivity contribution is 0.282. The smallest absolute Gasteiger partial charge is 0.215 e. The van der Waals surface area contributed by atoms with E-state index in [0.29, 0.717) is 12.0 Å². The predicted molar refractivity (Wildman–Crippen MR) is 77.7 cm³/mol. The minimum absolute atomic E-state index is 0.0526. The highest BCUT2D eigenvalue weighted by Gasteiger charge is 2.11. The van der Waals surface area contributed by atoms with Crippen LogP contribution in [0.4, 0.5) is 0 Å². The highest BCUT2D eigenvalue weighted by molar-refractivity contribution is 7.88. The Morgan fingerprint density at radius 2 is 1.90 bits per heavy atom. The van der Waals surface area contributed by atoms with Gasteiger partial charge in [0.1, 0.15) is 12.2 Å². The van der Waals surface area contributed by atoms with Crippen LogP contribution in [0.3, 0.4) is 0 Å². The average Bonchev–Trinajstić information content (AvgIpc) is 2.85. The lowest BCUT2D eigenvalue weighted by Gasteiger charge is -2.07. The van der Waals surface area contributed by atoms with Crippen molar-refractivity contribution in [2.75, 3.05) is 6.54 Å². The Balaban J connectivity index is 1.88. The molecule has 0 fully saturated rings. The summed E-state index contributed by atoms with van der Waals surface area (Å²) < 4.78 is 28.2. The summed E-state index contributed by atoms with van der Waals surface area (Å²) in [5.41, 5.74) is 1.43. The van der Waals surface area contributed by atoms with Crippen molar-refractivity contribution in [2.45, 2.75) is 18.8 Å². The molecular formula is C13H18N4O3S. The molecule has 0 atom stereocenters. The summed E-state index contributed by atoms with van der Waals surface area (Å²) in [7, 11) is -1.58. The fourth-order valence-electron chi connectivity index (χ4n) is 1.86. The monoisotopic (exact) mass is 310 g/mol. The van der Waals surface area contributed by atoms with Gasteiger partial charge in [-0.25, -0.2) is 13.1 Å². The van der Waals surface area contributed by atoms with Gasteiger partial charge in [0.05, 0.1) is 12.4 Å². The van der Waals surface area contributed by atoms with E-state index in [1.54, 1.807) is 35.2 Å². The van der Waals surface area contributed by atoms with Crippen molar-refractivity contribution in [2.24, 2.45) is 7.05 Å². The van der Waals surface area contributed by atoms with Crippen LogP contribution in [-0.4, -0.2) is 34.8 Å². The van der Waals surface area contributed by atoms with E-state index in [-0.39, 0.29) is 18.9 Å². The van der Waals surface area contributed by atoms with Gasteiger partial charge in [0.15, 0.2) is 0 Å². The summed E-state index contributed by atoms with van der Waals surface area (Å²) in [5.74, 6) is 0.641. The first-order valence-corrected chi connectivity index (χ1v) is 8.14. The Morgan fingerprint density at radius 1 is 1.24 bits per heavy atom. The van der Waals surface area contributed by atoms with Gasteiger partial charge in [-0.1, -0.05) is 24.3 Å². The second kappa shape index (κ2) is 6.79. The molecular weight excluding hydrogens is 292 g/mol. The number of nitrogens with one attached hydrogen (secondary N) is 1. The number of sulfonamides is 1. The van der Waals surface area contributed by atoms with E-state index < -0.39 is 10.0 Å². The molecule has 0 aliphatic heterocycles. The summed E-state index contributed by atoms with van der Waals surface area (Å²) in [6.07, 6.45) is 2.06. The van der Waals surface area contributed by atoms with Gasteiger partial charge in [-0.05, 0) is 11.1 Å². The van der Waals surface area contributed by atoms with Gasteiger partial charge < -0.3 is 9.67 Å². The van der Waals surface area contributed by atoms with Crippen LogP contribution in [0.1, 0.15) is 17.0 Å². The molecule has 8 heteroatoms. The standard InChI is InChI=1S/C13H18N4O3S/c1-17-10-14-16-13(17)6-7-15-21(19,20)9-12-4-2-11(8-18)3-5-12/h2-5,10,15,18H,6-9H2,1H3. The number of hydrogen-bond acceptors (Lipinski definition) is 5. The third kappa shape index (κ3) is 4.62. The molecule has 0 aliphatic rings. The number of aromatic nitrogens is 3. The summed E-state index contributed by atoms with van der Waals surface area (Å²) >= 11 is 0. The molecule has 0 saturated heterocycles. The predicted octanol–water partition coefficient (Wildman–Crippen LogP) is -0.0305. The van der Waals surface area contributed by atoms with Crippen LogP contribution in [0.15, 0.2) is 30.6 Å². The second-order valence-corrected chi connectivity index (χ2v) is 6.54. The maximum absolute atomic E-state index is 12.0. The lowest BCUT2D eigenvalue weighted by atomic mass is 10.2. The number of benzene rings is 1. The van der Waals surface area contributed by atoms with Gasteiger partial charge in [0, 0.05) is 20.0 Å². The fraction of sp³-hybridized carbons (Fsp3) is 0.385. The highest BCUT2D eigenvalue weighted by atomic mass is 32.2. The van der Waals surface area contributed by atoms with Crippen LogP contribution in [0.5, 0.6) is 0 Å². The molecule has 0 unspecified atom stereocenters. The maximum atomic E-state index is 12.0. The van der Waals surface area contributed by atoms with Gasteiger partial charge in [-0.3, -0.25) is 0 Å². The van der Waals surface area contributed by atoms with E-state index in [4.69, 9.17) is 5.11 Å². The fourth-order valence-corrected chi connectivity index (χ4v) is 3.01. The van der Waals surface area contributed by atoms with Crippen molar-refractivity contribution in [3.63, 3.8) is 0 Å². The SMILES string of the molecule is Cn1cnnc1CCNS(=O)(=O)Cc1ccc(CO)cc1.